The van der Waals surface area contributed by atoms with E-state index in [1.807, 2.05) is 13.0 Å². The second-order valence-electron chi connectivity index (χ2n) is 5.14. The van der Waals surface area contributed by atoms with Gasteiger partial charge in [-0.05, 0) is 50.6 Å². The minimum Gasteiger partial charge on any atom is -0.494 e. The molecule has 0 aliphatic carbocycles. The van der Waals surface area contributed by atoms with Crippen LogP contribution in [0.25, 0.3) is 0 Å². The molecule has 1 aliphatic heterocycles. The van der Waals surface area contributed by atoms with Crippen LogP contribution < -0.4 is 10.1 Å². The molecule has 2 rings (SSSR count). The van der Waals surface area contributed by atoms with Gasteiger partial charge in [0.25, 0.3) is 0 Å². The molecule has 0 aromatic heterocycles. The molecule has 1 fully saturated rings. The van der Waals surface area contributed by atoms with Crippen LogP contribution in [-0.4, -0.2) is 37.2 Å². The Morgan fingerprint density at radius 1 is 1.37 bits per heavy atom. The fourth-order valence-electron chi connectivity index (χ4n) is 2.84. The number of likely N-dealkylation sites (tertiary alicyclic amines) is 1. The number of benzene rings is 1. The van der Waals surface area contributed by atoms with E-state index < -0.39 is 0 Å². The largest absolute Gasteiger partial charge is 0.494 e. The second-order valence-corrected chi connectivity index (χ2v) is 5.14. The van der Waals surface area contributed by atoms with Gasteiger partial charge in [-0.25, -0.2) is 0 Å². The second kappa shape index (κ2) is 7.51. The molecule has 0 spiro atoms. The van der Waals surface area contributed by atoms with Crippen LogP contribution in [0.1, 0.15) is 32.3 Å². The van der Waals surface area contributed by atoms with Crippen molar-refractivity contribution >= 4 is 0 Å². The maximum atomic E-state index is 5.52. The van der Waals surface area contributed by atoms with Gasteiger partial charge in [-0.1, -0.05) is 19.1 Å². The van der Waals surface area contributed by atoms with Crippen molar-refractivity contribution in [2.45, 2.75) is 39.3 Å². The van der Waals surface area contributed by atoms with Crippen LogP contribution in [0, 0.1) is 0 Å². The van der Waals surface area contributed by atoms with Crippen molar-refractivity contribution in [1.29, 1.82) is 0 Å². The van der Waals surface area contributed by atoms with Crippen LogP contribution in [0.15, 0.2) is 24.3 Å². The Morgan fingerprint density at radius 2 is 2.26 bits per heavy atom. The zero-order valence-corrected chi connectivity index (χ0v) is 12.2. The zero-order valence-electron chi connectivity index (χ0n) is 12.2. The lowest BCUT2D eigenvalue weighted by molar-refractivity contribution is 0.260. The molecule has 1 saturated heterocycles. The van der Waals surface area contributed by atoms with Gasteiger partial charge in [-0.15, -0.1) is 0 Å². The molecule has 0 unspecified atom stereocenters. The van der Waals surface area contributed by atoms with Crippen molar-refractivity contribution in [3.8, 4) is 5.75 Å². The zero-order chi connectivity index (χ0) is 13.5. The molecule has 106 valence electrons. The summed E-state index contributed by atoms with van der Waals surface area (Å²) in [6.07, 6.45) is 2.68. The number of ether oxygens (including phenoxy) is 1. The third kappa shape index (κ3) is 4.22. The summed E-state index contributed by atoms with van der Waals surface area (Å²) >= 11 is 0. The molecular formula is C16H26N2O. The molecule has 0 amide bonds. The van der Waals surface area contributed by atoms with E-state index in [0.29, 0.717) is 0 Å². The van der Waals surface area contributed by atoms with Crippen LogP contribution in [0.3, 0.4) is 0 Å². The Bertz CT molecular complexity index is 381. The van der Waals surface area contributed by atoms with Gasteiger partial charge in [0, 0.05) is 19.1 Å². The smallest absolute Gasteiger partial charge is 0.119 e. The van der Waals surface area contributed by atoms with Crippen LogP contribution in [0.2, 0.25) is 0 Å². The molecular weight excluding hydrogens is 236 g/mol. The molecule has 1 N–H and O–H groups in total. The summed E-state index contributed by atoms with van der Waals surface area (Å²) in [6.45, 7) is 9.45. The topological polar surface area (TPSA) is 24.5 Å². The lowest BCUT2D eigenvalue weighted by atomic mass is 10.2. The van der Waals surface area contributed by atoms with Crippen LogP contribution in [0.4, 0.5) is 0 Å². The maximum Gasteiger partial charge on any atom is 0.119 e. The normalized spacial score (nSPS) is 19.8. The molecule has 0 saturated carbocycles. The minimum atomic E-state index is 0.722. The molecule has 1 atom stereocenters. The van der Waals surface area contributed by atoms with E-state index in [1.165, 1.54) is 31.5 Å². The number of nitrogens with one attached hydrogen (secondary N) is 1. The number of rotatable bonds is 7. The first-order valence-electron chi connectivity index (χ1n) is 7.50. The Hall–Kier alpha value is -1.06. The maximum absolute atomic E-state index is 5.52. The van der Waals surface area contributed by atoms with Gasteiger partial charge in [-0.2, -0.15) is 0 Å². The van der Waals surface area contributed by atoms with Crippen LogP contribution >= 0.6 is 0 Å². The minimum absolute atomic E-state index is 0.722. The number of hydrogen-bond acceptors (Lipinski definition) is 3. The van der Waals surface area contributed by atoms with Crippen molar-refractivity contribution < 1.29 is 4.74 Å². The first-order valence-corrected chi connectivity index (χ1v) is 7.50. The summed E-state index contributed by atoms with van der Waals surface area (Å²) in [4.78, 5) is 2.57. The Kier molecular flexibility index (Phi) is 5.67. The van der Waals surface area contributed by atoms with Crippen molar-refractivity contribution in [2.75, 3.05) is 26.2 Å². The fourth-order valence-corrected chi connectivity index (χ4v) is 2.84. The summed E-state index contributed by atoms with van der Waals surface area (Å²) in [5, 5.41) is 3.58. The predicted molar refractivity (Wildman–Crippen MR) is 79.6 cm³/mol. The summed E-state index contributed by atoms with van der Waals surface area (Å²) in [5.41, 5.74) is 1.30. The standard InChI is InChI=1S/C16H26N2O/c1-3-18-10-6-8-15(18)13-17-12-14-7-5-9-16(11-14)19-4-2/h5,7,9,11,15,17H,3-4,6,8,10,12-13H2,1-2H3/t15-/m1/s1. The van der Waals surface area contributed by atoms with Crippen molar-refractivity contribution in [1.82, 2.24) is 10.2 Å². The molecule has 19 heavy (non-hydrogen) atoms. The number of likely N-dealkylation sites (N-methyl/N-ethyl adjacent to an activating group) is 1. The SMILES string of the molecule is CCOc1cccc(CNC[C@H]2CCCN2CC)c1. The first-order chi connectivity index (χ1) is 9.33. The summed E-state index contributed by atoms with van der Waals surface area (Å²) in [7, 11) is 0. The van der Waals surface area contributed by atoms with Gasteiger partial charge < -0.3 is 10.1 Å². The van der Waals surface area contributed by atoms with E-state index in [9.17, 15) is 0 Å². The highest BCUT2D eigenvalue weighted by atomic mass is 16.5. The lowest BCUT2D eigenvalue weighted by Crippen LogP contribution is -2.37. The van der Waals surface area contributed by atoms with Gasteiger partial charge >= 0.3 is 0 Å². The van der Waals surface area contributed by atoms with E-state index >= 15 is 0 Å². The van der Waals surface area contributed by atoms with E-state index in [2.05, 4.69) is 35.3 Å². The highest BCUT2D eigenvalue weighted by molar-refractivity contribution is 5.28. The molecule has 3 heteroatoms. The van der Waals surface area contributed by atoms with Gasteiger partial charge in [0.05, 0.1) is 6.61 Å². The number of nitrogens with zero attached hydrogens (tertiary/aromatic N) is 1. The van der Waals surface area contributed by atoms with Crippen LogP contribution in [0.5, 0.6) is 5.75 Å². The highest BCUT2D eigenvalue weighted by Gasteiger charge is 2.21. The highest BCUT2D eigenvalue weighted by Crippen LogP contribution is 2.16. The molecule has 1 aromatic carbocycles. The average Bonchev–Trinajstić information content (AvgIpc) is 2.87. The fraction of sp³-hybridized carbons (Fsp3) is 0.625. The third-order valence-corrected chi connectivity index (χ3v) is 3.82. The van der Waals surface area contributed by atoms with Gasteiger partial charge in [0.15, 0.2) is 0 Å². The third-order valence-electron chi connectivity index (χ3n) is 3.82. The van der Waals surface area contributed by atoms with Gasteiger partial charge in [0.1, 0.15) is 5.75 Å². The predicted octanol–water partition coefficient (Wildman–Crippen LogP) is 2.66. The Balaban J connectivity index is 1.77. The average molecular weight is 262 g/mol. The van der Waals surface area contributed by atoms with E-state index in [1.54, 1.807) is 0 Å². The molecule has 0 radical (unpaired) electrons. The van der Waals surface area contributed by atoms with Crippen molar-refractivity contribution in [3.63, 3.8) is 0 Å². The monoisotopic (exact) mass is 262 g/mol. The van der Waals surface area contributed by atoms with Gasteiger partial charge in [-0.3, -0.25) is 4.90 Å². The molecule has 1 aliphatic rings. The van der Waals surface area contributed by atoms with Crippen molar-refractivity contribution in [3.05, 3.63) is 29.8 Å². The van der Waals surface area contributed by atoms with Crippen LogP contribution in [-0.2, 0) is 6.54 Å². The van der Waals surface area contributed by atoms with E-state index in [4.69, 9.17) is 4.74 Å². The first kappa shape index (κ1) is 14.4. The molecule has 1 aromatic rings. The summed E-state index contributed by atoms with van der Waals surface area (Å²) in [5.74, 6) is 0.970. The molecule has 3 nitrogen and oxygen atoms in total. The Labute approximate surface area is 116 Å². The Morgan fingerprint density at radius 3 is 3.05 bits per heavy atom. The quantitative estimate of drug-likeness (QED) is 0.817. The molecule has 0 bridgehead atoms. The van der Waals surface area contributed by atoms with Gasteiger partial charge in [0.2, 0.25) is 0 Å². The van der Waals surface area contributed by atoms with Crippen molar-refractivity contribution in [2.24, 2.45) is 0 Å². The summed E-state index contributed by atoms with van der Waals surface area (Å²) in [6, 6.07) is 9.09. The number of hydrogen-bond donors (Lipinski definition) is 1. The van der Waals surface area contributed by atoms with E-state index in [0.717, 1.165) is 31.5 Å². The lowest BCUT2D eigenvalue weighted by Gasteiger charge is -2.23. The summed E-state index contributed by atoms with van der Waals surface area (Å²) < 4.78 is 5.52. The molecule has 1 heterocycles. The van der Waals surface area contributed by atoms with E-state index in [-0.39, 0.29) is 0 Å².